The first-order valence-corrected chi connectivity index (χ1v) is 7.96. The number of nitrogens with zero attached hydrogens (tertiary/aromatic N) is 2. The van der Waals surface area contributed by atoms with Crippen LogP contribution in [0.3, 0.4) is 0 Å². The largest absolute Gasteiger partial charge is 0.364 e. The molecule has 2 rings (SSSR count). The van der Waals surface area contributed by atoms with Crippen LogP contribution in [0.25, 0.3) is 0 Å². The van der Waals surface area contributed by atoms with Crippen LogP contribution in [0.4, 0.5) is 0 Å². The summed E-state index contributed by atoms with van der Waals surface area (Å²) in [5, 5.41) is 8.71. The van der Waals surface area contributed by atoms with E-state index in [0.29, 0.717) is 0 Å². The molecule has 0 saturated heterocycles. The maximum atomic E-state index is 4.67. The Bertz CT molecular complexity index is 548. The maximum absolute atomic E-state index is 4.67. The molecule has 102 valence electrons. The second-order valence-electron chi connectivity index (χ2n) is 5.30. The van der Waals surface area contributed by atoms with Crippen molar-refractivity contribution in [1.82, 2.24) is 10.3 Å². The third-order valence-corrected chi connectivity index (χ3v) is 4.80. The van der Waals surface area contributed by atoms with Crippen LogP contribution in [0.15, 0.2) is 27.9 Å². The lowest BCUT2D eigenvalue weighted by atomic mass is 9.98. The van der Waals surface area contributed by atoms with Crippen molar-refractivity contribution in [3.63, 3.8) is 0 Å². The second-order valence-corrected chi connectivity index (χ2v) is 7.10. The van der Waals surface area contributed by atoms with Gasteiger partial charge in [0.25, 0.3) is 0 Å². The van der Waals surface area contributed by atoms with Gasteiger partial charge in [0, 0.05) is 17.8 Å². The zero-order valence-corrected chi connectivity index (χ0v) is 13.4. The molecule has 2 heterocycles. The molecule has 0 aliphatic rings. The Morgan fingerprint density at radius 2 is 2.16 bits per heavy atom. The summed E-state index contributed by atoms with van der Waals surface area (Å²) in [5.41, 5.74) is 1.20. The summed E-state index contributed by atoms with van der Waals surface area (Å²) >= 11 is 3.41. The molecule has 0 bridgehead atoms. The summed E-state index contributed by atoms with van der Waals surface area (Å²) in [7, 11) is 1.81. The van der Waals surface area contributed by atoms with Crippen molar-refractivity contribution in [2.24, 2.45) is 4.99 Å². The highest BCUT2D eigenvalue weighted by atomic mass is 32.1. The monoisotopic (exact) mass is 293 g/mol. The van der Waals surface area contributed by atoms with Crippen LogP contribution in [0.1, 0.15) is 36.3 Å². The smallest absolute Gasteiger partial charge is 0.138 e. The van der Waals surface area contributed by atoms with Gasteiger partial charge in [-0.25, -0.2) is 4.98 Å². The number of rotatable bonds is 3. The number of aromatic nitrogens is 1. The SMILES string of the molecule is CN=C(NCc1csc(C(C)(C)C)n1)c1cccs1. The molecule has 0 amide bonds. The molecule has 0 radical (unpaired) electrons. The number of hydrogen-bond donors (Lipinski definition) is 1. The van der Waals surface area contributed by atoms with E-state index in [4.69, 9.17) is 0 Å². The van der Waals surface area contributed by atoms with Gasteiger partial charge in [0.15, 0.2) is 0 Å². The normalized spacial score (nSPS) is 12.7. The molecule has 1 N–H and O–H groups in total. The molecule has 2 aromatic heterocycles. The third-order valence-electron chi connectivity index (χ3n) is 2.61. The Labute approximate surface area is 122 Å². The second kappa shape index (κ2) is 5.84. The van der Waals surface area contributed by atoms with Crippen molar-refractivity contribution in [2.45, 2.75) is 32.7 Å². The van der Waals surface area contributed by atoms with Gasteiger partial charge < -0.3 is 5.32 Å². The molecule has 2 aromatic rings. The first kappa shape index (κ1) is 14.2. The molecule has 0 unspecified atom stereocenters. The topological polar surface area (TPSA) is 37.3 Å². The standard InChI is InChI=1S/C14H19N3S2/c1-14(2,3)13-17-10(9-19-13)8-16-12(15-4)11-6-5-7-18-11/h5-7,9H,8H2,1-4H3,(H,15,16). The van der Waals surface area contributed by atoms with E-state index < -0.39 is 0 Å². The number of aliphatic imine (C=N–C) groups is 1. The van der Waals surface area contributed by atoms with Crippen LogP contribution in [-0.4, -0.2) is 17.9 Å². The molecule has 19 heavy (non-hydrogen) atoms. The van der Waals surface area contributed by atoms with E-state index in [-0.39, 0.29) is 5.41 Å². The first-order valence-electron chi connectivity index (χ1n) is 6.20. The zero-order chi connectivity index (χ0) is 13.9. The van der Waals surface area contributed by atoms with Crippen LogP contribution >= 0.6 is 22.7 Å². The number of hydrogen-bond acceptors (Lipinski definition) is 4. The van der Waals surface area contributed by atoms with Gasteiger partial charge in [-0.3, -0.25) is 4.99 Å². The third kappa shape index (κ3) is 3.64. The quantitative estimate of drug-likeness (QED) is 0.692. The minimum atomic E-state index is 0.123. The molecular weight excluding hydrogens is 274 g/mol. The van der Waals surface area contributed by atoms with Gasteiger partial charge in [-0.15, -0.1) is 22.7 Å². The van der Waals surface area contributed by atoms with Gasteiger partial charge in [-0.2, -0.15) is 0 Å². The van der Waals surface area contributed by atoms with Crippen LogP contribution in [0.2, 0.25) is 0 Å². The summed E-state index contributed by atoms with van der Waals surface area (Å²) in [6, 6.07) is 4.11. The molecule has 5 heteroatoms. The van der Waals surface area contributed by atoms with E-state index in [2.05, 4.69) is 52.9 Å². The Kier molecular flexibility index (Phi) is 4.37. The highest BCUT2D eigenvalue weighted by molar-refractivity contribution is 7.12. The van der Waals surface area contributed by atoms with Gasteiger partial charge in [0.2, 0.25) is 0 Å². The molecule has 0 fully saturated rings. The number of thiophene rings is 1. The number of nitrogens with one attached hydrogen (secondary N) is 1. The minimum absolute atomic E-state index is 0.123. The molecule has 0 spiro atoms. The van der Waals surface area contributed by atoms with Crippen molar-refractivity contribution in [1.29, 1.82) is 0 Å². The van der Waals surface area contributed by atoms with Crippen molar-refractivity contribution < 1.29 is 0 Å². The predicted molar refractivity (Wildman–Crippen MR) is 84.4 cm³/mol. The summed E-state index contributed by atoms with van der Waals surface area (Å²) < 4.78 is 0. The van der Waals surface area contributed by atoms with E-state index in [0.717, 1.165) is 23.0 Å². The van der Waals surface area contributed by atoms with E-state index >= 15 is 0 Å². The fraction of sp³-hybridized carbons (Fsp3) is 0.429. The first-order chi connectivity index (χ1) is 9.00. The molecule has 3 nitrogen and oxygen atoms in total. The predicted octanol–water partition coefficient (Wildman–Crippen LogP) is 3.67. The van der Waals surface area contributed by atoms with Crippen LogP contribution in [0, 0.1) is 0 Å². The molecule has 0 aliphatic carbocycles. The average molecular weight is 293 g/mol. The summed E-state index contributed by atoms with van der Waals surface area (Å²) in [6.45, 7) is 7.28. The van der Waals surface area contributed by atoms with Crippen molar-refractivity contribution in [3.05, 3.63) is 38.5 Å². The van der Waals surface area contributed by atoms with Gasteiger partial charge in [0.05, 0.1) is 22.1 Å². The van der Waals surface area contributed by atoms with Crippen LogP contribution < -0.4 is 5.32 Å². The van der Waals surface area contributed by atoms with Gasteiger partial charge in [-0.05, 0) is 11.4 Å². The van der Waals surface area contributed by atoms with E-state index in [1.165, 1.54) is 5.01 Å². The summed E-state index contributed by atoms with van der Waals surface area (Å²) in [6.07, 6.45) is 0. The summed E-state index contributed by atoms with van der Waals surface area (Å²) in [4.78, 5) is 10.1. The Morgan fingerprint density at radius 3 is 2.68 bits per heavy atom. The van der Waals surface area contributed by atoms with Gasteiger partial charge in [0.1, 0.15) is 5.84 Å². The highest BCUT2D eigenvalue weighted by Gasteiger charge is 2.17. The number of thiazole rings is 1. The minimum Gasteiger partial charge on any atom is -0.364 e. The van der Waals surface area contributed by atoms with E-state index in [1.54, 1.807) is 22.7 Å². The average Bonchev–Trinajstić information content (AvgIpc) is 2.99. The maximum Gasteiger partial charge on any atom is 0.138 e. The van der Waals surface area contributed by atoms with Crippen molar-refractivity contribution in [2.75, 3.05) is 7.05 Å². The van der Waals surface area contributed by atoms with Gasteiger partial charge in [-0.1, -0.05) is 26.8 Å². The lowest BCUT2D eigenvalue weighted by Gasteiger charge is -2.13. The highest BCUT2D eigenvalue weighted by Crippen LogP contribution is 2.25. The van der Waals surface area contributed by atoms with Crippen LogP contribution in [0.5, 0.6) is 0 Å². The molecule has 0 aromatic carbocycles. The number of amidine groups is 1. The summed E-state index contributed by atoms with van der Waals surface area (Å²) in [5.74, 6) is 0.931. The lowest BCUT2D eigenvalue weighted by Crippen LogP contribution is -2.23. The Morgan fingerprint density at radius 1 is 1.37 bits per heavy atom. The Balaban J connectivity index is 2.01. The van der Waals surface area contributed by atoms with E-state index in [9.17, 15) is 0 Å². The lowest BCUT2D eigenvalue weighted by molar-refractivity contribution is 0.582. The fourth-order valence-electron chi connectivity index (χ4n) is 1.60. The van der Waals surface area contributed by atoms with Gasteiger partial charge >= 0.3 is 0 Å². The molecule has 0 atom stereocenters. The molecule has 0 aliphatic heterocycles. The van der Waals surface area contributed by atoms with Crippen molar-refractivity contribution >= 4 is 28.5 Å². The fourth-order valence-corrected chi connectivity index (χ4v) is 3.24. The van der Waals surface area contributed by atoms with Crippen molar-refractivity contribution in [3.8, 4) is 0 Å². The molecular formula is C14H19N3S2. The molecule has 0 saturated carbocycles. The zero-order valence-electron chi connectivity index (χ0n) is 11.7. The van der Waals surface area contributed by atoms with Crippen LogP contribution in [-0.2, 0) is 12.0 Å². The Hall–Kier alpha value is -1.20. The van der Waals surface area contributed by atoms with E-state index in [1.807, 2.05) is 13.1 Å².